The van der Waals surface area contributed by atoms with Crippen LogP contribution in [-0.4, -0.2) is 50.8 Å². The topological polar surface area (TPSA) is 82.8 Å². The van der Waals surface area contributed by atoms with Gasteiger partial charge in [0, 0.05) is 34.7 Å². The molecule has 122 valence electrons. The number of aliphatic hydroxyl groups is 1. The minimum absolute atomic E-state index is 0.0383. The van der Waals surface area contributed by atoms with E-state index in [4.69, 9.17) is 0 Å². The fourth-order valence-electron chi connectivity index (χ4n) is 3.24. The maximum absolute atomic E-state index is 12.9. The third-order valence-electron chi connectivity index (χ3n) is 4.26. The Morgan fingerprint density at radius 1 is 1.35 bits per heavy atom. The molecule has 6 nitrogen and oxygen atoms in total. The summed E-state index contributed by atoms with van der Waals surface area (Å²) in [5.74, 6) is -0.176. The number of carboxylic acid groups (broad SMARTS) is 1. The molecule has 2 N–H and O–H groups in total. The van der Waals surface area contributed by atoms with Gasteiger partial charge in [-0.1, -0.05) is 12.1 Å². The number of aromatic nitrogens is 1. The first-order valence-corrected chi connectivity index (χ1v) is 8.26. The molecular weight excluding hydrogens is 364 g/mol. The van der Waals surface area contributed by atoms with Gasteiger partial charge in [-0.05, 0) is 34.8 Å². The second-order valence-corrected chi connectivity index (χ2v) is 6.45. The van der Waals surface area contributed by atoms with Crippen molar-refractivity contribution in [2.75, 3.05) is 13.2 Å². The number of ketones is 1. The number of hydrogen-bond donors (Lipinski definition) is 2. The van der Waals surface area contributed by atoms with Gasteiger partial charge in [0.15, 0.2) is 5.78 Å². The quantitative estimate of drug-likeness (QED) is 0.798. The Bertz CT molecular complexity index is 771. The minimum atomic E-state index is -1.05. The average molecular weight is 381 g/mol. The standard InChI is InChI=1S/C16H17BrN2O4/c17-12-4-1-3-10-11(9-18(7-8-20)14(10)12)15(21)13-5-2-6-19(13)16(22)23/h1,3-4,9,13,20H,2,5-8H2,(H,22,23)/t13-/m0/s1. The Morgan fingerprint density at radius 2 is 2.13 bits per heavy atom. The lowest BCUT2D eigenvalue weighted by molar-refractivity contribution is 0.0846. The van der Waals surface area contributed by atoms with Crippen LogP contribution in [0.4, 0.5) is 4.79 Å². The molecule has 1 aromatic carbocycles. The highest BCUT2D eigenvalue weighted by Crippen LogP contribution is 2.31. The Kier molecular flexibility index (Phi) is 4.41. The van der Waals surface area contributed by atoms with Crippen LogP contribution in [0.15, 0.2) is 28.9 Å². The van der Waals surface area contributed by atoms with E-state index in [9.17, 15) is 19.8 Å². The molecule has 1 aromatic heterocycles. The molecule has 3 rings (SSSR count). The molecule has 1 saturated heterocycles. The lowest BCUT2D eigenvalue weighted by Crippen LogP contribution is -2.39. The number of carbonyl (C=O) groups is 2. The summed E-state index contributed by atoms with van der Waals surface area (Å²) in [5.41, 5.74) is 1.35. The number of carbonyl (C=O) groups excluding carboxylic acids is 1. The summed E-state index contributed by atoms with van der Waals surface area (Å²) < 4.78 is 2.66. The predicted octanol–water partition coefficient (Wildman–Crippen LogP) is 2.72. The van der Waals surface area contributed by atoms with E-state index in [2.05, 4.69) is 15.9 Å². The highest BCUT2D eigenvalue weighted by atomic mass is 79.9. The fraction of sp³-hybridized carbons (Fsp3) is 0.375. The van der Waals surface area contributed by atoms with Gasteiger partial charge in [-0.3, -0.25) is 9.69 Å². The van der Waals surface area contributed by atoms with E-state index in [-0.39, 0.29) is 12.4 Å². The van der Waals surface area contributed by atoms with E-state index in [0.29, 0.717) is 31.5 Å². The molecule has 0 spiro atoms. The zero-order valence-corrected chi connectivity index (χ0v) is 14.0. The molecule has 2 heterocycles. The van der Waals surface area contributed by atoms with Gasteiger partial charge in [0.05, 0.1) is 18.2 Å². The molecule has 7 heteroatoms. The molecule has 23 heavy (non-hydrogen) atoms. The number of fused-ring (bicyclic) bond motifs is 1. The van der Waals surface area contributed by atoms with Gasteiger partial charge in [0.2, 0.25) is 0 Å². The van der Waals surface area contributed by atoms with Crippen molar-refractivity contribution >= 4 is 38.7 Å². The van der Waals surface area contributed by atoms with Crippen LogP contribution in [0.25, 0.3) is 10.9 Å². The number of Topliss-reactive ketones (excluding diaryl/α,β-unsaturated/α-hetero) is 1. The van der Waals surface area contributed by atoms with Gasteiger partial charge in [0.1, 0.15) is 0 Å². The van der Waals surface area contributed by atoms with E-state index in [0.717, 1.165) is 15.4 Å². The van der Waals surface area contributed by atoms with E-state index in [1.165, 1.54) is 4.90 Å². The smallest absolute Gasteiger partial charge is 0.407 e. The SMILES string of the molecule is O=C(c1cn(CCO)c2c(Br)cccc12)[C@@H]1CCCN1C(=O)O. The van der Waals surface area contributed by atoms with Crippen LogP contribution in [0.5, 0.6) is 0 Å². The average Bonchev–Trinajstić information content (AvgIpc) is 3.13. The number of hydrogen-bond acceptors (Lipinski definition) is 3. The summed E-state index contributed by atoms with van der Waals surface area (Å²) in [7, 11) is 0. The van der Waals surface area contributed by atoms with Crippen LogP contribution in [-0.2, 0) is 6.54 Å². The van der Waals surface area contributed by atoms with E-state index in [1.54, 1.807) is 6.20 Å². The van der Waals surface area contributed by atoms with E-state index < -0.39 is 12.1 Å². The zero-order valence-electron chi connectivity index (χ0n) is 12.4. The van der Waals surface area contributed by atoms with Crippen molar-refractivity contribution in [3.05, 3.63) is 34.4 Å². The number of nitrogens with zero attached hydrogens (tertiary/aromatic N) is 2. The normalized spacial score (nSPS) is 17.8. The summed E-state index contributed by atoms with van der Waals surface area (Å²) in [6, 6.07) is 4.95. The van der Waals surface area contributed by atoms with Crippen LogP contribution >= 0.6 is 15.9 Å². The summed E-state index contributed by atoms with van der Waals surface area (Å²) in [6.07, 6.45) is 1.90. The van der Waals surface area contributed by atoms with Crippen LogP contribution in [0.1, 0.15) is 23.2 Å². The second-order valence-electron chi connectivity index (χ2n) is 5.59. The second kappa shape index (κ2) is 6.33. The molecule has 0 saturated carbocycles. The first-order valence-electron chi connectivity index (χ1n) is 7.46. The highest BCUT2D eigenvalue weighted by Gasteiger charge is 2.35. The minimum Gasteiger partial charge on any atom is -0.465 e. The Balaban J connectivity index is 2.07. The number of halogens is 1. The number of benzene rings is 1. The molecule has 1 aliphatic rings. The molecule has 1 fully saturated rings. The predicted molar refractivity (Wildman–Crippen MR) is 88.8 cm³/mol. The maximum atomic E-state index is 12.9. The number of aliphatic hydroxyl groups excluding tert-OH is 1. The number of amides is 1. The molecule has 1 atom stereocenters. The largest absolute Gasteiger partial charge is 0.465 e. The van der Waals surface area contributed by atoms with Crippen molar-refractivity contribution in [2.45, 2.75) is 25.4 Å². The summed E-state index contributed by atoms with van der Waals surface area (Å²) >= 11 is 3.48. The van der Waals surface area contributed by atoms with Crippen LogP contribution in [0, 0.1) is 0 Å². The zero-order chi connectivity index (χ0) is 16.6. The Hall–Kier alpha value is -1.86. The van der Waals surface area contributed by atoms with Gasteiger partial charge < -0.3 is 14.8 Å². The Labute approximate surface area is 141 Å². The first-order chi connectivity index (χ1) is 11.0. The fourth-order valence-corrected chi connectivity index (χ4v) is 3.84. The number of rotatable bonds is 4. The van der Waals surface area contributed by atoms with Crippen LogP contribution in [0.2, 0.25) is 0 Å². The third-order valence-corrected chi connectivity index (χ3v) is 4.90. The summed E-state index contributed by atoms with van der Waals surface area (Å²) in [6.45, 7) is 0.730. The number of likely N-dealkylation sites (tertiary alicyclic amines) is 1. The van der Waals surface area contributed by atoms with Gasteiger partial charge in [-0.15, -0.1) is 0 Å². The van der Waals surface area contributed by atoms with Crippen molar-refractivity contribution in [3.8, 4) is 0 Å². The maximum Gasteiger partial charge on any atom is 0.407 e. The lowest BCUT2D eigenvalue weighted by atomic mass is 10.0. The van der Waals surface area contributed by atoms with Crippen molar-refractivity contribution in [3.63, 3.8) is 0 Å². The van der Waals surface area contributed by atoms with Crippen LogP contribution in [0.3, 0.4) is 0 Å². The molecule has 2 aromatic rings. The molecule has 1 aliphatic heterocycles. The van der Waals surface area contributed by atoms with Crippen molar-refractivity contribution in [1.82, 2.24) is 9.47 Å². The van der Waals surface area contributed by atoms with Crippen molar-refractivity contribution in [2.24, 2.45) is 0 Å². The molecule has 0 radical (unpaired) electrons. The highest BCUT2D eigenvalue weighted by molar-refractivity contribution is 9.10. The molecular formula is C16H17BrN2O4. The first kappa shape index (κ1) is 16.0. The van der Waals surface area contributed by atoms with Crippen molar-refractivity contribution in [1.29, 1.82) is 0 Å². The summed E-state index contributed by atoms with van der Waals surface area (Å²) in [5, 5.41) is 19.3. The van der Waals surface area contributed by atoms with Crippen molar-refractivity contribution < 1.29 is 19.8 Å². The molecule has 0 aliphatic carbocycles. The monoisotopic (exact) mass is 380 g/mol. The van der Waals surface area contributed by atoms with E-state index in [1.807, 2.05) is 22.8 Å². The third kappa shape index (κ3) is 2.74. The molecule has 0 bridgehead atoms. The number of para-hydroxylation sites is 1. The van der Waals surface area contributed by atoms with Gasteiger partial charge in [-0.25, -0.2) is 4.79 Å². The lowest BCUT2D eigenvalue weighted by Gasteiger charge is -2.19. The molecule has 0 unspecified atom stereocenters. The van der Waals surface area contributed by atoms with E-state index >= 15 is 0 Å². The van der Waals surface area contributed by atoms with Gasteiger partial charge in [-0.2, -0.15) is 0 Å². The van der Waals surface area contributed by atoms with Gasteiger partial charge in [0.25, 0.3) is 0 Å². The molecule has 1 amide bonds. The Morgan fingerprint density at radius 3 is 2.83 bits per heavy atom. The summed E-state index contributed by atoms with van der Waals surface area (Å²) in [4.78, 5) is 25.4. The van der Waals surface area contributed by atoms with Crippen LogP contribution < -0.4 is 0 Å². The van der Waals surface area contributed by atoms with Gasteiger partial charge >= 0.3 is 6.09 Å².